The molecule has 0 aliphatic carbocycles. The fourth-order valence-corrected chi connectivity index (χ4v) is 2.64. The maximum Gasteiger partial charge on any atom is 0.418 e. The normalized spacial score (nSPS) is 13.6. The molecule has 96 valence electrons. The minimum Gasteiger partial charge on any atom is -0.379 e. The summed E-state index contributed by atoms with van der Waals surface area (Å²) in [4.78, 5) is 0. The minimum atomic E-state index is -4.65. The zero-order valence-corrected chi connectivity index (χ0v) is 10.3. The van der Waals surface area contributed by atoms with E-state index in [-0.39, 0.29) is 5.56 Å². The molecule has 0 radical (unpaired) electrons. The Hall–Kier alpha value is -1.33. The summed E-state index contributed by atoms with van der Waals surface area (Å²) in [6.45, 7) is 1.84. The number of hydrogen-bond acceptors (Lipinski definition) is 2. The zero-order valence-electron chi connectivity index (χ0n) is 9.53. The summed E-state index contributed by atoms with van der Waals surface area (Å²) in [6, 6.07) is 6.07. The highest BCUT2D eigenvalue weighted by atomic mass is 32.1. The summed E-state index contributed by atoms with van der Waals surface area (Å²) in [7, 11) is 0. The largest absolute Gasteiger partial charge is 0.418 e. The van der Waals surface area contributed by atoms with E-state index in [1.165, 1.54) is 23.5 Å². The fraction of sp³-hybridized carbons (Fsp3) is 0.231. The maximum absolute atomic E-state index is 12.6. The van der Waals surface area contributed by atoms with E-state index in [0.717, 1.165) is 11.1 Å². The molecule has 1 aromatic carbocycles. The quantitative estimate of drug-likeness (QED) is 0.863. The van der Waals surface area contributed by atoms with Crippen LogP contribution < -0.4 is 0 Å². The zero-order chi connectivity index (χ0) is 13.3. The predicted molar refractivity (Wildman–Crippen MR) is 65.5 cm³/mol. The van der Waals surface area contributed by atoms with Crippen LogP contribution >= 0.6 is 11.3 Å². The van der Waals surface area contributed by atoms with Crippen LogP contribution in [0.5, 0.6) is 0 Å². The molecule has 18 heavy (non-hydrogen) atoms. The highest BCUT2D eigenvalue weighted by molar-refractivity contribution is 7.08. The third kappa shape index (κ3) is 2.42. The van der Waals surface area contributed by atoms with Crippen LogP contribution in [-0.4, -0.2) is 11.3 Å². The maximum atomic E-state index is 12.6. The van der Waals surface area contributed by atoms with Crippen LogP contribution in [0.25, 0.3) is 11.1 Å². The smallest absolute Gasteiger partial charge is 0.379 e. The first kappa shape index (κ1) is 13.1. The molecular weight excluding hydrogens is 261 g/mol. The van der Waals surface area contributed by atoms with Gasteiger partial charge in [0.15, 0.2) is 6.10 Å². The summed E-state index contributed by atoms with van der Waals surface area (Å²) >= 11 is 1.43. The molecule has 0 fully saturated rings. The van der Waals surface area contributed by atoms with Gasteiger partial charge in [0.05, 0.1) is 0 Å². The monoisotopic (exact) mass is 272 g/mol. The summed E-state index contributed by atoms with van der Waals surface area (Å²) in [5.41, 5.74) is 1.97. The van der Waals surface area contributed by atoms with Crippen LogP contribution in [-0.2, 0) is 0 Å². The molecule has 1 nitrogen and oxygen atoms in total. The van der Waals surface area contributed by atoms with E-state index < -0.39 is 12.3 Å². The molecule has 0 saturated carbocycles. The average Bonchev–Trinajstić information content (AvgIpc) is 2.73. The number of rotatable bonds is 2. The Labute approximate surface area is 107 Å². The number of thiophene rings is 1. The first-order chi connectivity index (χ1) is 8.41. The molecule has 0 saturated heterocycles. The highest BCUT2D eigenvalue weighted by Gasteiger charge is 2.40. The van der Waals surface area contributed by atoms with Crippen LogP contribution in [0, 0.1) is 6.92 Å². The number of aryl methyl sites for hydroxylation is 1. The van der Waals surface area contributed by atoms with Crippen LogP contribution in [0.3, 0.4) is 0 Å². The summed E-state index contributed by atoms with van der Waals surface area (Å²) in [5.74, 6) is 0. The molecule has 1 N–H and O–H groups in total. The average molecular weight is 272 g/mol. The topological polar surface area (TPSA) is 20.2 Å². The summed E-state index contributed by atoms with van der Waals surface area (Å²) < 4.78 is 37.8. The van der Waals surface area contributed by atoms with Gasteiger partial charge in [-0.2, -0.15) is 24.5 Å². The predicted octanol–water partition coefficient (Wildman–Crippen LogP) is 4.32. The molecule has 5 heteroatoms. The molecule has 0 aliphatic rings. The van der Waals surface area contributed by atoms with Crippen molar-refractivity contribution < 1.29 is 18.3 Å². The van der Waals surface area contributed by atoms with E-state index in [1.807, 2.05) is 12.3 Å². The first-order valence-electron chi connectivity index (χ1n) is 5.28. The molecular formula is C13H11F3OS. The number of benzene rings is 1. The van der Waals surface area contributed by atoms with Gasteiger partial charge in [-0.05, 0) is 39.9 Å². The van der Waals surface area contributed by atoms with Gasteiger partial charge in [-0.1, -0.05) is 24.3 Å². The van der Waals surface area contributed by atoms with E-state index in [4.69, 9.17) is 0 Å². The molecule has 0 bridgehead atoms. The van der Waals surface area contributed by atoms with Gasteiger partial charge in [0, 0.05) is 0 Å². The van der Waals surface area contributed by atoms with E-state index in [2.05, 4.69) is 0 Å². The van der Waals surface area contributed by atoms with Gasteiger partial charge in [-0.15, -0.1) is 0 Å². The molecule has 0 amide bonds. The molecule has 0 spiro atoms. The van der Waals surface area contributed by atoms with Crippen molar-refractivity contribution in [2.45, 2.75) is 19.2 Å². The van der Waals surface area contributed by atoms with Crippen molar-refractivity contribution >= 4 is 11.3 Å². The van der Waals surface area contributed by atoms with Crippen molar-refractivity contribution in [1.29, 1.82) is 0 Å². The van der Waals surface area contributed by atoms with Gasteiger partial charge in [-0.25, -0.2) is 0 Å². The van der Waals surface area contributed by atoms with Gasteiger partial charge in [0.25, 0.3) is 0 Å². The SMILES string of the molecule is Cc1cscc1-c1ccccc1C(O)C(F)(F)F. The van der Waals surface area contributed by atoms with Crippen molar-refractivity contribution in [3.63, 3.8) is 0 Å². The lowest BCUT2D eigenvalue weighted by Gasteiger charge is -2.18. The van der Waals surface area contributed by atoms with Crippen molar-refractivity contribution in [1.82, 2.24) is 0 Å². The molecule has 1 atom stereocenters. The number of hydrogen-bond donors (Lipinski definition) is 1. The molecule has 2 rings (SSSR count). The number of alkyl halides is 3. The second kappa shape index (κ2) is 4.74. The van der Waals surface area contributed by atoms with Crippen molar-refractivity contribution in [3.05, 3.63) is 46.2 Å². The Morgan fingerprint density at radius 3 is 2.33 bits per heavy atom. The Bertz CT molecular complexity index is 545. The molecule has 1 aromatic heterocycles. The molecule has 0 aliphatic heterocycles. The van der Waals surface area contributed by atoms with Crippen molar-refractivity contribution in [3.8, 4) is 11.1 Å². The minimum absolute atomic E-state index is 0.105. The number of aliphatic hydroxyl groups excluding tert-OH is 1. The highest BCUT2D eigenvalue weighted by Crippen LogP contribution is 2.39. The van der Waals surface area contributed by atoms with Crippen LogP contribution in [0.4, 0.5) is 13.2 Å². The second-order valence-electron chi connectivity index (χ2n) is 4.00. The van der Waals surface area contributed by atoms with Crippen LogP contribution in [0.1, 0.15) is 17.2 Å². The van der Waals surface area contributed by atoms with Gasteiger partial charge in [-0.3, -0.25) is 0 Å². The van der Waals surface area contributed by atoms with Crippen molar-refractivity contribution in [2.75, 3.05) is 0 Å². The molecule has 1 heterocycles. The first-order valence-corrected chi connectivity index (χ1v) is 6.22. The van der Waals surface area contributed by atoms with Gasteiger partial charge in [0.1, 0.15) is 0 Å². The lowest BCUT2D eigenvalue weighted by molar-refractivity contribution is -0.206. The summed E-state index contributed by atoms with van der Waals surface area (Å²) in [6.07, 6.45) is -7.10. The Balaban J connectivity index is 2.54. The van der Waals surface area contributed by atoms with Crippen LogP contribution in [0.2, 0.25) is 0 Å². The third-order valence-corrected chi connectivity index (χ3v) is 3.57. The lowest BCUT2D eigenvalue weighted by Crippen LogP contribution is -2.20. The fourth-order valence-electron chi connectivity index (χ4n) is 1.79. The second-order valence-corrected chi connectivity index (χ2v) is 4.74. The number of halogens is 3. The van der Waals surface area contributed by atoms with E-state index in [0.29, 0.717) is 5.56 Å². The van der Waals surface area contributed by atoms with E-state index >= 15 is 0 Å². The number of aliphatic hydroxyl groups is 1. The third-order valence-electron chi connectivity index (χ3n) is 2.71. The van der Waals surface area contributed by atoms with Gasteiger partial charge >= 0.3 is 6.18 Å². The van der Waals surface area contributed by atoms with Gasteiger partial charge < -0.3 is 5.11 Å². The van der Waals surface area contributed by atoms with Crippen molar-refractivity contribution in [2.24, 2.45) is 0 Å². The standard InChI is InChI=1S/C13H11F3OS/c1-8-6-18-7-11(8)9-4-2-3-5-10(9)12(17)13(14,15)16/h2-7,12,17H,1H3. The van der Waals surface area contributed by atoms with E-state index in [9.17, 15) is 18.3 Å². The lowest BCUT2D eigenvalue weighted by atomic mass is 9.96. The molecule has 2 aromatic rings. The van der Waals surface area contributed by atoms with E-state index in [1.54, 1.807) is 17.5 Å². The Kier molecular flexibility index (Phi) is 3.45. The van der Waals surface area contributed by atoms with Gasteiger partial charge in [0.2, 0.25) is 0 Å². The molecule has 1 unspecified atom stereocenters. The Morgan fingerprint density at radius 1 is 1.11 bits per heavy atom. The van der Waals surface area contributed by atoms with Crippen LogP contribution in [0.15, 0.2) is 35.0 Å². The Morgan fingerprint density at radius 2 is 1.78 bits per heavy atom. The summed E-state index contributed by atoms with van der Waals surface area (Å²) in [5, 5.41) is 13.1.